The maximum atomic E-state index is 2.35. The van der Waals surface area contributed by atoms with Crippen LogP contribution in [0.15, 0.2) is 194 Å². The molecule has 0 nitrogen and oxygen atoms in total. The van der Waals surface area contributed by atoms with Gasteiger partial charge in [-0.2, -0.15) is 0 Å². The highest BCUT2D eigenvalue weighted by Crippen LogP contribution is 2.39. The van der Waals surface area contributed by atoms with E-state index in [1.165, 1.54) is 98.4 Å². The molecule has 0 heteroatoms. The molecule has 10 aromatic rings. The van der Waals surface area contributed by atoms with Crippen molar-refractivity contribution >= 4 is 53.9 Å². The molecule has 50 heavy (non-hydrogen) atoms. The molecule has 0 spiro atoms. The zero-order valence-electron chi connectivity index (χ0n) is 27.5. The summed E-state index contributed by atoms with van der Waals surface area (Å²) < 4.78 is 0. The fourth-order valence-corrected chi connectivity index (χ4v) is 7.83. The standard InChI is InChI=1S/C50H32/c1-3-10-35-28-39(18-16-33(35)8-1)37-12-7-13-38(29-37)40-22-24-45-41(31-40)20-21-43-32-44(23-25-46(43)45)48-27-26-47(49-14-5-6-15-50(48)49)42-19-17-34-9-2-4-11-36(34)30-42/h1-32H. The van der Waals surface area contributed by atoms with Gasteiger partial charge >= 0.3 is 0 Å². The minimum absolute atomic E-state index is 1.23. The van der Waals surface area contributed by atoms with Crippen LogP contribution in [0.25, 0.3) is 98.4 Å². The zero-order valence-corrected chi connectivity index (χ0v) is 27.5. The minimum atomic E-state index is 1.23. The van der Waals surface area contributed by atoms with Crippen molar-refractivity contribution in [2.75, 3.05) is 0 Å². The molecule has 0 unspecified atom stereocenters. The van der Waals surface area contributed by atoms with Gasteiger partial charge in [0.25, 0.3) is 0 Å². The van der Waals surface area contributed by atoms with Crippen LogP contribution in [0.1, 0.15) is 0 Å². The van der Waals surface area contributed by atoms with Crippen molar-refractivity contribution in [1.29, 1.82) is 0 Å². The molecule has 0 aromatic heterocycles. The molecule has 0 N–H and O–H groups in total. The molecule has 0 heterocycles. The fraction of sp³-hybridized carbons (Fsp3) is 0. The Balaban J connectivity index is 1.01. The van der Waals surface area contributed by atoms with E-state index < -0.39 is 0 Å². The van der Waals surface area contributed by atoms with E-state index in [1.807, 2.05) is 0 Å². The van der Waals surface area contributed by atoms with Gasteiger partial charge in [0.2, 0.25) is 0 Å². The van der Waals surface area contributed by atoms with Crippen molar-refractivity contribution in [2.45, 2.75) is 0 Å². The second-order valence-corrected chi connectivity index (χ2v) is 13.3. The predicted molar refractivity (Wildman–Crippen MR) is 216 cm³/mol. The number of hydrogen-bond acceptors (Lipinski definition) is 0. The van der Waals surface area contributed by atoms with Gasteiger partial charge in [0.15, 0.2) is 0 Å². The average molecular weight is 633 g/mol. The first-order valence-electron chi connectivity index (χ1n) is 17.3. The lowest BCUT2D eigenvalue weighted by molar-refractivity contribution is 1.61. The topological polar surface area (TPSA) is 0 Å². The molecule has 0 aliphatic carbocycles. The van der Waals surface area contributed by atoms with Crippen LogP contribution in [0.3, 0.4) is 0 Å². The molecule has 10 aromatic carbocycles. The third-order valence-corrected chi connectivity index (χ3v) is 10.4. The predicted octanol–water partition coefficient (Wildman–Crippen LogP) is 14.1. The maximum Gasteiger partial charge on any atom is -0.00992 e. The Morgan fingerprint density at radius 2 is 0.560 bits per heavy atom. The Hall–Kier alpha value is -6.50. The van der Waals surface area contributed by atoms with Crippen LogP contribution in [-0.2, 0) is 0 Å². The van der Waals surface area contributed by atoms with Gasteiger partial charge < -0.3 is 0 Å². The Kier molecular flexibility index (Phi) is 6.60. The second-order valence-electron chi connectivity index (χ2n) is 13.3. The van der Waals surface area contributed by atoms with Gasteiger partial charge in [0, 0.05) is 0 Å². The van der Waals surface area contributed by atoms with E-state index in [9.17, 15) is 0 Å². The highest BCUT2D eigenvalue weighted by Gasteiger charge is 2.12. The molecule has 0 saturated heterocycles. The van der Waals surface area contributed by atoms with E-state index in [4.69, 9.17) is 0 Å². The highest BCUT2D eigenvalue weighted by atomic mass is 14.2. The zero-order chi connectivity index (χ0) is 33.0. The maximum absolute atomic E-state index is 2.35. The van der Waals surface area contributed by atoms with Gasteiger partial charge in [-0.05, 0) is 129 Å². The SMILES string of the molecule is c1cc(-c2ccc3ccccc3c2)cc(-c2ccc3c(ccc4cc(-c5ccc(-c6ccc7ccccc7c6)c6ccccc56)ccc43)c2)c1. The minimum Gasteiger partial charge on any atom is -0.0616 e. The molecule has 0 aliphatic rings. The van der Waals surface area contributed by atoms with Crippen LogP contribution >= 0.6 is 0 Å². The second kappa shape index (κ2) is 11.6. The van der Waals surface area contributed by atoms with Crippen molar-refractivity contribution in [3.8, 4) is 44.5 Å². The molecule has 10 rings (SSSR count). The molecular formula is C50H32. The van der Waals surface area contributed by atoms with Crippen LogP contribution in [0.2, 0.25) is 0 Å². The van der Waals surface area contributed by atoms with Gasteiger partial charge in [-0.1, -0.05) is 164 Å². The molecule has 0 bridgehead atoms. The summed E-state index contributed by atoms with van der Waals surface area (Å²) in [7, 11) is 0. The van der Waals surface area contributed by atoms with Gasteiger partial charge in [0.05, 0.1) is 0 Å². The summed E-state index contributed by atoms with van der Waals surface area (Å²) in [5, 5.41) is 12.7. The number of rotatable bonds is 4. The van der Waals surface area contributed by atoms with Crippen molar-refractivity contribution in [3.63, 3.8) is 0 Å². The molecule has 0 aliphatic heterocycles. The van der Waals surface area contributed by atoms with Crippen LogP contribution < -0.4 is 0 Å². The molecule has 0 amide bonds. The largest absolute Gasteiger partial charge is 0.0616 e. The summed E-state index contributed by atoms with van der Waals surface area (Å²) in [4.78, 5) is 0. The van der Waals surface area contributed by atoms with Crippen LogP contribution in [0, 0.1) is 0 Å². The summed E-state index contributed by atoms with van der Waals surface area (Å²) in [5.41, 5.74) is 9.94. The lowest BCUT2D eigenvalue weighted by Crippen LogP contribution is -1.87. The Morgan fingerprint density at radius 3 is 1.14 bits per heavy atom. The van der Waals surface area contributed by atoms with Crippen LogP contribution in [-0.4, -0.2) is 0 Å². The number of hydrogen-bond donors (Lipinski definition) is 0. The van der Waals surface area contributed by atoms with Crippen molar-refractivity contribution in [1.82, 2.24) is 0 Å². The summed E-state index contributed by atoms with van der Waals surface area (Å²) in [5.74, 6) is 0. The van der Waals surface area contributed by atoms with Crippen molar-refractivity contribution in [3.05, 3.63) is 194 Å². The highest BCUT2D eigenvalue weighted by molar-refractivity contribution is 6.11. The lowest BCUT2D eigenvalue weighted by atomic mass is 9.90. The third-order valence-electron chi connectivity index (χ3n) is 10.4. The van der Waals surface area contributed by atoms with Gasteiger partial charge in [-0.15, -0.1) is 0 Å². The first-order chi connectivity index (χ1) is 24.7. The van der Waals surface area contributed by atoms with E-state index in [1.54, 1.807) is 0 Å². The van der Waals surface area contributed by atoms with E-state index >= 15 is 0 Å². The van der Waals surface area contributed by atoms with Gasteiger partial charge in [-0.3, -0.25) is 0 Å². The molecule has 0 saturated carbocycles. The van der Waals surface area contributed by atoms with Gasteiger partial charge in [-0.25, -0.2) is 0 Å². The first kappa shape index (κ1) is 28.5. The molecular weight excluding hydrogens is 601 g/mol. The summed E-state index contributed by atoms with van der Waals surface area (Å²) in [6.45, 7) is 0. The normalized spacial score (nSPS) is 11.6. The summed E-state index contributed by atoms with van der Waals surface area (Å²) in [6, 6.07) is 71.4. The van der Waals surface area contributed by atoms with E-state index in [-0.39, 0.29) is 0 Å². The monoisotopic (exact) mass is 632 g/mol. The quantitative estimate of drug-likeness (QED) is 0.169. The average Bonchev–Trinajstić information content (AvgIpc) is 3.19. The first-order valence-corrected chi connectivity index (χ1v) is 17.3. The third kappa shape index (κ3) is 4.85. The number of benzene rings is 10. The molecule has 0 atom stereocenters. The number of fused-ring (bicyclic) bond motifs is 6. The lowest BCUT2D eigenvalue weighted by Gasteiger charge is -2.14. The smallest absolute Gasteiger partial charge is 0.00992 e. The Bertz CT molecular complexity index is 2930. The summed E-state index contributed by atoms with van der Waals surface area (Å²) >= 11 is 0. The fourth-order valence-electron chi connectivity index (χ4n) is 7.83. The summed E-state index contributed by atoms with van der Waals surface area (Å²) in [6.07, 6.45) is 0. The van der Waals surface area contributed by atoms with E-state index in [0.717, 1.165) is 0 Å². The van der Waals surface area contributed by atoms with E-state index in [2.05, 4.69) is 194 Å². The molecule has 0 fully saturated rings. The van der Waals surface area contributed by atoms with Crippen LogP contribution in [0.4, 0.5) is 0 Å². The van der Waals surface area contributed by atoms with E-state index in [0.29, 0.717) is 0 Å². The Morgan fingerprint density at radius 1 is 0.180 bits per heavy atom. The molecule has 232 valence electrons. The van der Waals surface area contributed by atoms with Crippen molar-refractivity contribution in [2.24, 2.45) is 0 Å². The molecule has 0 radical (unpaired) electrons. The van der Waals surface area contributed by atoms with Crippen molar-refractivity contribution < 1.29 is 0 Å². The Labute approximate surface area is 291 Å². The van der Waals surface area contributed by atoms with Gasteiger partial charge in [0.1, 0.15) is 0 Å². The van der Waals surface area contributed by atoms with Crippen LogP contribution in [0.5, 0.6) is 0 Å².